The summed E-state index contributed by atoms with van der Waals surface area (Å²) in [7, 11) is 1.29. The second-order valence-corrected chi connectivity index (χ2v) is 9.89. The summed E-state index contributed by atoms with van der Waals surface area (Å²) in [6, 6.07) is 13.4. The standard InChI is InChI=1S/C27H24Cl2N10O3/c1-15-11-20(36-35-15)13-21(26-33-24(25(29)34-26)16-3-7-19(8-4-16)31-27(41)42-2)32-23(40)10-5-17-12-18(28)6-9-22(17)39-14-30-37-38-39/h3-12,14,21H,13H2,1-2H3,(H,31,41)(H,32,40)(H,33,34)(H,35,36)/b10-5+. The van der Waals surface area contributed by atoms with Gasteiger partial charge in [-0.2, -0.15) is 9.78 Å². The highest BCUT2D eigenvalue weighted by atomic mass is 35.5. The number of hydrogen-bond acceptors (Lipinski definition) is 8. The zero-order valence-corrected chi connectivity index (χ0v) is 23.8. The molecule has 2 aromatic carbocycles. The van der Waals surface area contributed by atoms with Gasteiger partial charge in [0.05, 0.1) is 24.5 Å². The van der Waals surface area contributed by atoms with E-state index in [1.165, 1.54) is 24.2 Å². The van der Waals surface area contributed by atoms with Crippen molar-refractivity contribution in [1.29, 1.82) is 0 Å². The van der Waals surface area contributed by atoms with E-state index < -0.39 is 12.1 Å². The van der Waals surface area contributed by atoms with Gasteiger partial charge < -0.3 is 15.0 Å². The number of carbonyl (C=O) groups excluding carboxylic acids is 2. The first-order chi connectivity index (χ1) is 20.3. The maximum Gasteiger partial charge on any atom is 0.411 e. The topological polar surface area (TPSA) is 168 Å². The van der Waals surface area contributed by atoms with Crippen LogP contribution < -0.4 is 10.6 Å². The molecule has 0 aliphatic heterocycles. The molecule has 13 nitrogen and oxygen atoms in total. The number of benzene rings is 2. The number of H-pyrrole nitrogens is 2. The summed E-state index contributed by atoms with van der Waals surface area (Å²) in [5, 5.41) is 24.8. The summed E-state index contributed by atoms with van der Waals surface area (Å²) < 4.78 is 6.09. The number of imidazole rings is 1. The number of anilines is 1. The van der Waals surface area contributed by atoms with Crippen molar-refractivity contribution in [2.75, 3.05) is 12.4 Å². The molecule has 0 saturated heterocycles. The van der Waals surface area contributed by atoms with E-state index in [-0.39, 0.29) is 11.1 Å². The summed E-state index contributed by atoms with van der Waals surface area (Å²) in [5.74, 6) is 0.0495. The number of aromatic amines is 2. The van der Waals surface area contributed by atoms with Crippen LogP contribution in [0.3, 0.4) is 0 Å². The summed E-state index contributed by atoms with van der Waals surface area (Å²) in [6.45, 7) is 1.89. The molecule has 5 rings (SSSR count). The average molecular weight is 607 g/mol. The maximum absolute atomic E-state index is 13.2. The normalized spacial score (nSPS) is 11.9. The molecule has 0 bridgehead atoms. The number of aryl methyl sites for hydroxylation is 1. The Kier molecular flexibility index (Phi) is 8.60. The lowest BCUT2D eigenvalue weighted by atomic mass is 10.1. The van der Waals surface area contributed by atoms with Gasteiger partial charge >= 0.3 is 6.09 Å². The van der Waals surface area contributed by atoms with E-state index >= 15 is 0 Å². The quantitative estimate of drug-likeness (QED) is 0.175. The fourth-order valence-electron chi connectivity index (χ4n) is 4.13. The Morgan fingerprint density at radius 1 is 1.14 bits per heavy atom. The number of nitrogens with zero attached hydrogens (tertiary/aromatic N) is 6. The van der Waals surface area contributed by atoms with Crippen molar-refractivity contribution in [3.63, 3.8) is 0 Å². The molecule has 0 fully saturated rings. The number of rotatable bonds is 9. The van der Waals surface area contributed by atoms with Crippen LogP contribution in [0.1, 0.15) is 28.8 Å². The number of nitrogens with one attached hydrogen (secondary N) is 4. The van der Waals surface area contributed by atoms with E-state index in [4.69, 9.17) is 28.2 Å². The van der Waals surface area contributed by atoms with Crippen LogP contribution in [0.2, 0.25) is 10.2 Å². The number of tetrazole rings is 1. The fourth-order valence-corrected chi connectivity index (χ4v) is 4.56. The van der Waals surface area contributed by atoms with Crippen molar-refractivity contribution in [2.45, 2.75) is 19.4 Å². The van der Waals surface area contributed by atoms with E-state index in [0.717, 1.165) is 11.4 Å². The third kappa shape index (κ3) is 6.82. The molecule has 5 aromatic rings. The van der Waals surface area contributed by atoms with Crippen molar-refractivity contribution >= 4 is 47.0 Å². The van der Waals surface area contributed by atoms with Gasteiger partial charge in [-0.1, -0.05) is 35.3 Å². The van der Waals surface area contributed by atoms with Crippen molar-refractivity contribution in [1.82, 2.24) is 45.7 Å². The molecule has 1 atom stereocenters. The molecule has 0 aliphatic carbocycles. The molecule has 4 N–H and O–H groups in total. The van der Waals surface area contributed by atoms with Crippen LogP contribution in [0, 0.1) is 6.92 Å². The summed E-state index contributed by atoms with van der Waals surface area (Å²) in [4.78, 5) is 32.4. The third-order valence-corrected chi connectivity index (χ3v) is 6.60. The van der Waals surface area contributed by atoms with Gasteiger partial charge in [-0.15, -0.1) is 5.10 Å². The number of carbonyl (C=O) groups is 2. The van der Waals surface area contributed by atoms with E-state index in [1.807, 2.05) is 13.0 Å². The zero-order valence-electron chi connectivity index (χ0n) is 22.3. The van der Waals surface area contributed by atoms with Gasteiger partial charge in [0.2, 0.25) is 5.91 Å². The fraction of sp³-hybridized carbons (Fsp3) is 0.148. The number of aromatic nitrogens is 8. The molecule has 42 heavy (non-hydrogen) atoms. The first-order valence-electron chi connectivity index (χ1n) is 12.5. The van der Waals surface area contributed by atoms with E-state index in [9.17, 15) is 9.59 Å². The molecule has 214 valence electrons. The van der Waals surface area contributed by atoms with Crippen LogP contribution in [0.5, 0.6) is 0 Å². The van der Waals surface area contributed by atoms with Crippen LogP contribution in [0.4, 0.5) is 10.5 Å². The molecular formula is C27H24Cl2N10O3. The van der Waals surface area contributed by atoms with Crippen molar-refractivity contribution < 1.29 is 14.3 Å². The number of methoxy groups -OCH3 is 1. The van der Waals surface area contributed by atoms with Gasteiger partial charge in [0.25, 0.3) is 0 Å². The van der Waals surface area contributed by atoms with Crippen LogP contribution in [0.25, 0.3) is 23.0 Å². The van der Waals surface area contributed by atoms with E-state index in [1.54, 1.807) is 48.5 Å². The number of halogens is 2. The van der Waals surface area contributed by atoms with Gasteiger partial charge in [-0.3, -0.25) is 15.2 Å². The lowest BCUT2D eigenvalue weighted by Gasteiger charge is -2.14. The highest BCUT2D eigenvalue weighted by Crippen LogP contribution is 2.29. The van der Waals surface area contributed by atoms with E-state index in [2.05, 4.69) is 46.1 Å². The Morgan fingerprint density at radius 3 is 2.64 bits per heavy atom. The smallest absolute Gasteiger partial charge is 0.411 e. The first kappa shape index (κ1) is 28.5. The largest absolute Gasteiger partial charge is 0.453 e. The lowest BCUT2D eigenvalue weighted by molar-refractivity contribution is -0.117. The number of hydrogen-bond donors (Lipinski definition) is 4. The molecule has 0 spiro atoms. The lowest BCUT2D eigenvalue weighted by Crippen LogP contribution is -2.29. The highest BCUT2D eigenvalue weighted by molar-refractivity contribution is 6.32. The molecule has 2 amide bonds. The second kappa shape index (κ2) is 12.7. The predicted molar refractivity (Wildman–Crippen MR) is 156 cm³/mol. The monoisotopic (exact) mass is 606 g/mol. The SMILES string of the molecule is COC(=O)Nc1ccc(-c2nc(C(Cc3cc(C)[nH]n3)NC(=O)/C=C/c3cc(Cl)ccc3-n3cnnn3)[nH]c2Cl)cc1. The minimum atomic E-state index is -0.602. The van der Waals surface area contributed by atoms with Gasteiger partial charge in [-0.25, -0.2) is 9.78 Å². The highest BCUT2D eigenvalue weighted by Gasteiger charge is 2.22. The van der Waals surface area contributed by atoms with Crippen LogP contribution in [-0.2, 0) is 16.0 Å². The molecule has 15 heteroatoms. The average Bonchev–Trinajstić information content (AvgIpc) is 3.74. The predicted octanol–water partition coefficient (Wildman–Crippen LogP) is 4.68. The minimum Gasteiger partial charge on any atom is -0.453 e. The Labute approximate surface area is 249 Å². The van der Waals surface area contributed by atoms with Crippen molar-refractivity contribution in [3.8, 4) is 16.9 Å². The zero-order chi connectivity index (χ0) is 29.6. The third-order valence-electron chi connectivity index (χ3n) is 6.09. The Balaban J connectivity index is 1.39. The van der Waals surface area contributed by atoms with Gasteiger partial charge in [0.1, 0.15) is 23.0 Å². The van der Waals surface area contributed by atoms with E-state index in [0.29, 0.717) is 45.5 Å². The van der Waals surface area contributed by atoms with Gasteiger partial charge in [0.15, 0.2) is 0 Å². The van der Waals surface area contributed by atoms with Crippen LogP contribution in [0.15, 0.2) is 60.9 Å². The molecular weight excluding hydrogens is 583 g/mol. The molecule has 0 radical (unpaired) electrons. The Bertz CT molecular complexity index is 1730. The molecule has 0 saturated carbocycles. The summed E-state index contributed by atoms with van der Waals surface area (Å²) in [6.07, 6.45) is 4.22. The minimum absolute atomic E-state index is 0.289. The van der Waals surface area contributed by atoms with Crippen molar-refractivity contribution in [3.05, 3.63) is 93.9 Å². The molecule has 1 unspecified atom stereocenters. The van der Waals surface area contributed by atoms with Crippen LogP contribution >= 0.6 is 23.2 Å². The number of ether oxygens (including phenoxy) is 1. The summed E-state index contributed by atoms with van der Waals surface area (Å²) >= 11 is 12.7. The van der Waals surface area contributed by atoms with Gasteiger partial charge in [0, 0.05) is 40.0 Å². The van der Waals surface area contributed by atoms with Crippen LogP contribution in [-0.4, -0.2) is 59.5 Å². The summed E-state index contributed by atoms with van der Waals surface area (Å²) in [5.41, 5.74) is 4.62. The number of amides is 2. The molecule has 3 heterocycles. The maximum atomic E-state index is 13.2. The second-order valence-electron chi connectivity index (χ2n) is 9.08. The van der Waals surface area contributed by atoms with Gasteiger partial charge in [-0.05, 0) is 59.8 Å². The Hall–Kier alpha value is -5.01. The Morgan fingerprint density at radius 2 is 1.95 bits per heavy atom. The molecule has 0 aliphatic rings. The van der Waals surface area contributed by atoms with Crippen molar-refractivity contribution in [2.24, 2.45) is 0 Å². The first-order valence-corrected chi connectivity index (χ1v) is 13.3. The molecule has 3 aromatic heterocycles.